The van der Waals surface area contributed by atoms with Crippen LogP contribution < -0.4 is 10.9 Å². The molecule has 0 aromatic carbocycles. The lowest BCUT2D eigenvalue weighted by atomic mass is 10.0. The maximum Gasteiger partial charge on any atom is 0.263 e. The average Bonchev–Trinajstić information content (AvgIpc) is 2.99. The number of hydrogen-bond acceptors (Lipinski definition) is 5. The number of likely N-dealkylation sites (tertiary alicyclic amines) is 1. The lowest BCUT2D eigenvalue weighted by Gasteiger charge is -2.33. The van der Waals surface area contributed by atoms with Gasteiger partial charge in [-0.05, 0) is 39.5 Å². The largest absolute Gasteiger partial charge is 0.353 e. The average molecular weight is 374 g/mol. The number of anilines is 1. The number of amides is 1. The molecular weight excluding hydrogens is 344 g/mol. The summed E-state index contributed by atoms with van der Waals surface area (Å²) in [5, 5.41) is 8.16. The zero-order valence-electron chi connectivity index (χ0n) is 16.9. The van der Waals surface area contributed by atoms with Gasteiger partial charge in [0.2, 0.25) is 11.9 Å². The monoisotopic (exact) mass is 374 g/mol. The number of carbonyl (C=O) groups excluding carboxylic acids is 1. The molecule has 0 radical (unpaired) electrons. The highest BCUT2D eigenvalue weighted by Gasteiger charge is 2.24. The molecule has 1 aliphatic rings. The van der Waals surface area contributed by atoms with E-state index in [1.807, 2.05) is 25.7 Å². The molecule has 3 heterocycles. The van der Waals surface area contributed by atoms with Gasteiger partial charge >= 0.3 is 0 Å². The minimum atomic E-state index is -0.262. The standard InChI is InChI=1S/C19H30N6O2/c1-12(2)10-15(26)24-8-6-13(7-9-24)21-18-22-16-14(17(27)23-18)11-20-25(16)19(3,4)5/h11-13H,6-10H2,1-5H3,(H2,21,22,23,27). The Labute approximate surface area is 159 Å². The molecule has 0 bridgehead atoms. The predicted molar refractivity (Wildman–Crippen MR) is 106 cm³/mol. The minimum Gasteiger partial charge on any atom is -0.353 e. The molecule has 0 unspecified atom stereocenters. The molecule has 2 aromatic heterocycles. The fraction of sp³-hybridized carbons (Fsp3) is 0.684. The second kappa shape index (κ2) is 7.32. The van der Waals surface area contributed by atoms with Crippen LogP contribution in [0.5, 0.6) is 0 Å². The SMILES string of the molecule is CC(C)CC(=O)N1CCC(Nc2nc3c(cnn3C(C)(C)C)c(=O)[nH]2)CC1. The number of nitrogens with one attached hydrogen (secondary N) is 2. The van der Waals surface area contributed by atoms with Crippen LogP contribution in [-0.4, -0.2) is 49.7 Å². The summed E-state index contributed by atoms with van der Waals surface area (Å²) in [4.78, 5) is 33.9. The Morgan fingerprint density at radius 2 is 2.00 bits per heavy atom. The maximum atomic E-state index is 12.4. The highest BCUT2D eigenvalue weighted by atomic mass is 16.2. The van der Waals surface area contributed by atoms with Crippen molar-refractivity contribution in [1.82, 2.24) is 24.6 Å². The number of hydrogen-bond donors (Lipinski definition) is 2. The van der Waals surface area contributed by atoms with Gasteiger partial charge in [-0.1, -0.05) is 13.8 Å². The quantitative estimate of drug-likeness (QED) is 0.856. The van der Waals surface area contributed by atoms with Crippen molar-refractivity contribution in [2.75, 3.05) is 18.4 Å². The zero-order chi connectivity index (χ0) is 19.8. The van der Waals surface area contributed by atoms with Crippen LogP contribution in [0.2, 0.25) is 0 Å². The second-order valence-electron chi connectivity index (χ2n) is 8.78. The Kier molecular flexibility index (Phi) is 5.26. The third-order valence-corrected chi connectivity index (χ3v) is 4.84. The van der Waals surface area contributed by atoms with Gasteiger partial charge in [-0.3, -0.25) is 14.6 Å². The van der Waals surface area contributed by atoms with E-state index < -0.39 is 0 Å². The number of H-pyrrole nitrogens is 1. The summed E-state index contributed by atoms with van der Waals surface area (Å²) in [7, 11) is 0. The molecule has 8 nitrogen and oxygen atoms in total. The highest BCUT2D eigenvalue weighted by Crippen LogP contribution is 2.20. The van der Waals surface area contributed by atoms with Gasteiger partial charge in [-0.15, -0.1) is 0 Å². The Hall–Kier alpha value is -2.38. The third-order valence-electron chi connectivity index (χ3n) is 4.84. The summed E-state index contributed by atoms with van der Waals surface area (Å²) in [5.41, 5.74) is 0.128. The summed E-state index contributed by atoms with van der Waals surface area (Å²) < 4.78 is 1.77. The molecule has 0 spiro atoms. The molecule has 8 heteroatoms. The number of nitrogens with zero attached hydrogens (tertiary/aromatic N) is 4. The van der Waals surface area contributed by atoms with E-state index in [4.69, 9.17) is 0 Å². The number of aromatic amines is 1. The fourth-order valence-corrected chi connectivity index (χ4v) is 3.42. The minimum absolute atomic E-state index is 0.180. The smallest absolute Gasteiger partial charge is 0.263 e. The van der Waals surface area contributed by atoms with Crippen molar-refractivity contribution in [1.29, 1.82) is 0 Å². The van der Waals surface area contributed by atoms with E-state index in [1.165, 1.54) is 0 Å². The molecular formula is C19H30N6O2. The van der Waals surface area contributed by atoms with E-state index in [-0.39, 0.29) is 23.0 Å². The predicted octanol–water partition coefficient (Wildman–Crippen LogP) is 2.32. The van der Waals surface area contributed by atoms with Crippen molar-refractivity contribution < 1.29 is 4.79 Å². The van der Waals surface area contributed by atoms with E-state index in [2.05, 4.69) is 34.2 Å². The molecule has 148 valence electrons. The Bertz CT molecular complexity index is 868. The normalized spacial score (nSPS) is 16.3. The summed E-state index contributed by atoms with van der Waals surface area (Å²) in [6, 6.07) is 0.180. The third kappa shape index (κ3) is 4.31. The van der Waals surface area contributed by atoms with Gasteiger partial charge in [-0.25, -0.2) is 4.68 Å². The van der Waals surface area contributed by atoms with Gasteiger partial charge in [0.25, 0.3) is 5.56 Å². The van der Waals surface area contributed by atoms with Gasteiger partial charge in [0.15, 0.2) is 5.65 Å². The number of rotatable bonds is 4. The van der Waals surface area contributed by atoms with Crippen LogP contribution in [0.15, 0.2) is 11.0 Å². The molecule has 0 saturated carbocycles. The van der Waals surface area contributed by atoms with Crippen LogP contribution in [0, 0.1) is 5.92 Å². The molecule has 1 aliphatic heterocycles. The molecule has 2 N–H and O–H groups in total. The zero-order valence-corrected chi connectivity index (χ0v) is 16.9. The molecule has 27 heavy (non-hydrogen) atoms. The molecule has 3 rings (SSSR count). The topological polar surface area (TPSA) is 95.9 Å². The van der Waals surface area contributed by atoms with Crippen LogP contribution in [-0.2, 0) is 10.3 Å². The molecule has 0 aliphatic carbocycles. The molecule has 2 aromatic rings. The van der Waals surface area contributed by atoms with Crippen molar-refractivity contribution in [3.63, 3.8) is 0 Å². The Morgan fingerprint density at radius 3 is 2.59 bits per heavy atom. The van der Waals surface area contributed by atoms with Crippen LogP contribution in [0.1, 0.15) is 53.9 Å². The second-order valence-corrected chi connectivity index (χ2v) is 8.78. The van der Waals surface area contributed by atoms with Crippen LogP contribution in [0.3, 0.4) is 0 Å². The lowest BCUT2D eigenvalue weighted by molar-refractivity contribution is -0.132. The van der Waals surface area contributed by atoms with Gasteiger partial charge in [-0.2, -0.15) is 10.1 Å². The van der Waals surface area contributed by atoms with Gasteiger partial charge in [0.1, 0.15) is 5.39 Å². The molecule has 1 saturated heterocycles. The number of carbonyl (C=O) groups is 1. The first-order valence-electron chi connectivity index (χ1n) is 9.68. The summed E-state index contributed by atoms with van der Waals surface area (Å²) >= 11 is 0. The van der Waals surface area contributed by atoms with E-state index in [0.717, 1.165) is 25.9 Å². The van der Waals surface area contributed by atoms with Crippen molar-refractivity contribution in [3.05, 3.63) is 16.6 Å². The summed E-state index contributed by atoms with van der Waals surface area (Å²) in [6.45, 7) is 11.7. The summed E-state index contributed by atoms with van der Waals surface area (Å²) in [6.07, 6.45) is 3.84. The first-order valence-corrected chi connectivity index (χ1v) is 9.68. The lowest BCUT2D eigenvalue weighted by Crippen LogP contribution is -2.43. The maximum absolute atomic E-state index is 12.4. The van der Waals surface area contributed by atoms with Crippen molar-refractivity contribution in [2.24, 2.45) is 5.92 Å². The Morgan fingerprint density at radius 1 is 1.33 bits per heavy atom. The van der Waals surface area contributed by atoms with Gasteiger partial charge < -0.3 is 10.2 Å². The van der Waals surface area contributed by atoms with Crippen LogP contribution in [0.4, 0.5) is 5.95 Å². The number of piperidine rings is 1. The van der Waals surface area contributed by atoms with E-state index >= 15 is 0 Å². The fourth-order valence-electron chi connectivity index (χ4n) is 3.42. The summed E-state index contributed by atoms with van der Waals surface area (Å²) in [5.74, 6) is 1.07. The number of aromatic nitrogens is 4. The van der Waals surface area contributed by atoms with E-state index in [9.17, 15) is 9.59 Å². The van der Waals surface area contributed by atoms with Crippen LogP contribution >= 0.6 is 0 Å². The van der Waals surface area contributed by atoms with E-state index in [0.29, 0.717) is 29.3 Å². The van der Waals surface area contributed by atoms with Crippen LogP contribution in [0.25, 0.3) is 11.0 Å². The molecule has 0 atom stereocenters. The van der Waals surface area contributed by atoms with Gasteiger partial charge in [0, 0.05) is 25.6 Å². The number of fused-ring (bicyclic) bond motifs is 1. The molecule has 1 fully saturated rings. The van der Waals surface area contributed by atoms with Gasteiger partial charge in [0.05, 0.1) is 11.7 Å². The Balaban J connectivity index is 1.71. The van der Waals surface area contributed by atoms with E-state index in [1.54, 1.807) is 10.9 Å². The highest BCUT2D eigenvalue weighted by molar-refractivity contribution is 5.76. The van der Waals surface area contributed by atoms with Crippen molar-refractivity contribution in [2.45, 2.75) is 65.5 Å². The van der Waals surface area contributed by atoms with Crippen molar-refractivity contribution >= 4 is 22.9 Å². The first kappa shape index (κ1) is 19.4. The van der Waals surface area contributed by atoms with Crippen molar-refractivity contribution in [3.8, 4) is 0 Å². The molecule has 1 amide bonds. The first-order chi connectivity index (χ1) is 12.6.